The van der Waals surface area contributed by atoms with Gasteiger partial charge in [0.25, 0.3) is 0 Å². The zero-order valence-corrected chi connectivity index (χ0v) is 13.4. The van der Waals surface area contributed by atoms with Crippen LogP contribution < -0.4 is 5.32 Å². The zero-order valence-electron chi connectivity index (χ0n) is 10.5. The topological polar surface area (TPSA) is 37.8 Å². The molecule has 0 atom stereocenters. The maximum atomic E-state index is 13.2. The number of aromatic nitrogens is 2. The number of hydrogen-bond acceptors (Lipinski definition) is 3. The van der Waals surface area contributed by atoms with E-state index in [0.29, 0.717) is 11.4 Å². The number of hydrogen-bond donors (Lipinski definition) is 1. The van der Waals surface area contributed by atoms with Crippen molar-refractivity contribution in [3.63, 3.8) is 0 Å². The summed E-state index contributed by atoms with van der Waals surface area (Å²) in [6.07, 6.45) is 0.803. The highest BCUT2D eigenvalue weighted by Crippen LogP contribution is 2.26. The van der Waals surface area contributed by atoms with Gasteiger partial charge in [-0.05, 0) is 47.2 Å². The number of benzene rings is 1. The SMILES string of the molecule is CCc1nc(-c2ccc(F)c(Cl)c2)nc(NC)c1I. The highest BCUT2D eigenvalue weighted by atomic mass is 127. The molecule has 0 saturated heterocycles. The Balaban J connectivity index is 2.58. The number of aryl methyl sites for hydroxylation is 1. The Bertz CT molecular complexity index is 594. The lowest BCUT2D eigenvalue weighted by Crippen LogP contribution is -2.04. The van der Waals surface area contributed by atoms with E-state index in [1.165, 1.54) is 12.1 Å². The van der Waals surface area contributed by atoms with Crippen LogP contribution in [0.2, 0.25) is 5.02 Å². The molecule has 0 bridgehead atoms. The van der Waals surface area contributed by atoms with Crippen LogP contribution in [0.5, 0.6) is 0 Å². The van der Waals surface area contributed by atoms with Crippen molar-refractivity contribution < 1.29 is 4.39 Å². The zero-order chi connectivity index (χ0) is 14.0. The molecule has 0 aliphatic carbocycles. The first-order valence-electron chi connectivity index (χ1n) is 5.76. The molecule has 0 saturated carbocycles. The van der Waals surface area contributed by atoms with Gasteiger partial charge in [0.1, 0.15) is 11.6 Å². The second-order valence-corrected chi connectivity index (χ2v) is 5.37. The molecule has 6 heteroatoms. The smallest absolute Gasteiger partial charge is 0.161 e. The highest BCUT2D eigenvalue weighted by Gasteiger charge is 2.12. The Kier molecular flexibility index (Phi) is 4.57. The summed E-state index contributed by atoms with van der Waals surface area (Å²) in [4.78, 5) is 8.93. The molecule has 1 heterocycles. The lowest BCUT2D eigenvalue weighted by atomic mass is 10.2. The van der Waals surface area contributed by atoms with Crippen molar-refractivity contribution in [2.75, 3.05) is 12.4 Å². The van der Waals surface area contributed by atoms with Crippen molar-refractivity contribution in [3.05, 3.63) is 38.3 Å². The predicted octanol–water partition coefficient (Wildman–Crippen LogP) is 4.14. The molecule has 0 unspecified atom stereocenters. The van der Waals surface area contributed by atoms with Gasteiger partial charge in [-0.25, -0.2) is 14.4 Å². The van der Waals surface area contributed by atoms with E-state index in [0.717, 1.165) is 21.5 Å². The number of halogens is 3. The number of nitrogens with zero attached hydrogens (tertiary/aromatic N) is 2. The summed E-state index contributed by atoms with van der Waals surface area (Å²) in [5.74, 6) is 0.867. The lowest BCUT2D eigenvalue weighted by Gasteiger charge is -2.10. The molecule has 19 heavy (non-hydrogen) atoms. The van der Waals surface area contributed by atoms with Crippen LogP contribution in [0, 0.1) is 9.39 Å². The van der Waals surface area contributed by atoms with Crippen molar-refractivity contribution in [2.45, 2.75) is 13.3 Å². The first-order valence-corrected chi connectivity index (χ1v) is 7.22. The van der Waals surface area contributed by atoms with Crippen LogP contribution >= 0.6 is 34.2 Å². The third-order valence-electron chi connectivity index (χ3n) is 2.67. The Morgan fingerprint density at radius 3 is 2.68 bits per heavy atom. The standard InChI is InChI=1S/C13H12ClFIN3/c1-3-10-11(16)13(17-2)19-12(18-10)7-4-5-9(15)8(14)6-7/h4-6H,3H2,1-2H3,(H,17,18,19). The van der Waals surface area contributed by atoms with Gasteiger partial charge >= 0.3 is 0 Å². The summed E-state index contributed by atoms with van der Waals surface area (Å²) in [5, 5.41) is 3.11. The minimum Gasteiger partial charge on any atom is -0.372 e. The summed E-state index contributed by atoms with van der Waals surface area (Å²) in [6, 6.07) is 4.49. The molecule has 1 N–H and O–H groups in total. The van der Waals surface area contributed by atoms with Crippen LogP contribution in [0.1, 0.15) is 12.6 Å². The fraction of sp³-hybridized carbons (Fsp3) is 0.231. The number of anilines is 1. The van der Waals surface area contributed by atoms with E-state index in [2.05, 4.69) is 37.9 Å². The fourth-order valence-electron chi connectivity index (χ4n) is 1.66. The van der Waals surface area contributed by atoms with Gasteiger partial charge in [0.2, 0.25) is 0 Å². The van der Waals surface area contributed by atoms with Crippen LogP contribution in [0.15, 0.2) is 18.2 Å². The summed E-state index contributed by atoms with van der Waals surface area (Å²) >= 11 is 8.01. The van der Waals surface area contributed by atoms with E-state index in [1.54, 1.807) is 6.07 Å². The van der Waals surface area contributed by atoms with Crippen LogP contribution in [0.3, 0.4) is 0 Å². The normalized spacial score (nSPS) is 10.6. The first kappa shape index (κ1) is 14.5. The molecule has 2 rings (SSSR count). The molecule has 1 aromatic heterocycles. The maximum absolute atomic E-state index is 13.2. The average Bonchev–Trinajstić information content (AvgIpc) is 2.42. The molecular formula is C13H12ClFIN3. The van der Waals surface area contributed by atoms with Crippen molar-refractivity contribution in [1.82, 2.24) is 9.97 Å². The summed E-state index contributed by atoms with van der Waals surface area (Å²) in [6.45, 7) is 2.03. The summed E-state index contributed by atoms with van der Waals surface area (Å²) in [7, 11) is 1.81. The van der Waals surface area contributed by atoms with Gasteiger partial charge in [0.15, 0.2) is 5.82 Å². The molecule has 0 radical (unpaired) electrons. The Morgan fingerprint density at radius 1 is 1.37 bits per heavy atom. The molecule has 100 valence electrons. The van der Waals surface area contributed by atoms with E-state index in [4.69, 9.17) is 11.6 Å². The van der Waals surface area contributed by atoms with Gasteiger partial charge in [-0.3, -0.25) is 0 Å². The Labute approximate surface area is 129 Å². The van der Waals surface area contributed by atoms with Crippen molar-refractivity contribution >= 4 is 40.0 Å². The van der Waals surface area contributed by atoms with Crippen LogP contribution in [0.4, 0.5) is 10.2 Å². The Morgan fingerprint density at radius 2 is 2.11 bits per heavy atom. The van der Waals surface area contributed by atoms with Gasteiger partial charge in [-0.1, -0.05) is 18.5 Å². The predicted molar refractivity (Wildman–Crippen MR) is 84.1 cm³/mol. The van der Waals surface area contributed by atoms with E-state index in [-0.39, 0.29) is 5.02 Å². The number of nitrogens with one attached hydrogen (secondary N) is 1. The molecule has 0 aliphatic heterocycles. The van der Waals surface area contributed by atoms with Crippen LogP contribution in [-0.4, -0.2) is 17.0 Å². The molecule has 0 fully saturated rings. The maximum Gasteiger partial charge on any atom is 0.161 e. The van der Waals surface area contributed by atoms with E-state index in [1.807, 2.05) is 14.0 Å². The largest absolute Gasteiger partial charge is 0.372 e. The van der Waals surface area contributed by atoms with E-state index in [9.17, 15) is 4.39 Å². The fourth-order valence-corrected chi connectivity index (χ4v) is 2.73. The Hall–Kier alpha value is -0.950. The highest BCUT2D eigenvalue weighted by molar-refractivity contribution is 14.1. The summed E-state index contributed by atoms with van der Waals surface area (Å²) in [5.41, 5.74) is 1.66. The third kappa shape index (κ3) is 2.97. The molecule has 0 spiro atoms. The molecule has 3 nitrogen and oxygen atoms in total. The molecule has 0 aliphatic rings. The second-order valence-electron chi connectivity index (χ2n) is 3.89. The van der Waals surface area contributed by atoms with Gasteiger partial charge in [0, 0.05) is 12.6 Å². The molecule has 1 aromatic carbocycles. The molecular weight excluding hydrogens is 380 g/mol. The minimum atomic E-state index is -0.444. The minimum absolute atomic E-state index is 0.0729. The second kappa shape index (κ2) is 6.00. The van der Waals surface area contributed by atoms with Crippen molar-refractivity contribution in [3.8, 4) is 11.4 Å². The molecule has 2 aromatic rings. The quantitative estimate of drug-likeness (QED) is 0.799. The monoisotopic (exact) mass is 391 g/mol. The first-order chi connectivity index (χ1) is 9.06. The van der Waals surface area contributed by atoms with E-state index < -0.39 is 5.82 Å². The van der Waals surface area contributed by atoms with Crippen LogP contribution in [0.25, 0.3) is 11.4 Å². The third-order valence-corrected chi connectivity index (χ3v) is 4.09. The van der Waals surface area contributed by atoms with Gasteiger partial charge in [0.05, 0.1) is 14.3 Å². The number of rotatable bonds is 3. The van der Waals surface area contributed by atoms with Gasteiger partial charge in [-0.15, -0.1) is 0 Å². The van der Waals surface area contributed by atoms with Crippen molar-refractivity contribution in [1.29, 1.82) is 0 Å². The van der Waals surface area contributed by atoms with E-state index >= 15 is 0 Å². The van der Waals surface area contributed by atoms with Crippen molar-refractivity contribution in [2.24, 2.45) is 0 Å². The van der Waals surface area contributed by atoms with Gasteiger partial charge in [-0.2, -0.15) is 0 Å². The summed E-state index contributed by atoms with van der Waals surface area (Å²) < 4.78 is 14.2. The molecule has 0 amide bonds. The van der Waals surface area contributed by atoms with Crippen LogP contribution in [-0.2, 0) is 6.42 Å². The lowest BCUT2D eigenvalue weighted by molar-refractivity contribution is 0.628. The average molecular weight is 392 g/mol. The van der Waals surface area contributed by atoms with Gasteiger partial charge < -0.3 is 5.32 Å².